The van der Waals surface area contributed by atoms with Crippen LogP contribution in [0.25, 0.3) is 28.2 Å². The van der Waals surface area contributed by atoms with Crippen molar-refractivity contribution in [2.24, 2.45) is 0 Å². The third kappa shape index (κ3) is 2.80. The van der Waals surface area contributed by atoms with Crippen LogP contribution in [0.1, 0.15) is 11.4 Å². The van der Waals surface area contributed by atoms with Crippen LogP contribution in [0, 0.1) is 13.8 Å². The molecule has 0 fully saturated rings. The van der Waals surface area contributed by atoms with E-state index >= 15 is 0 Å². The zero-order chi connectivity index (χ0) is 19.1. The lowest BCUT2D eigenvalue weighted by atomic mass is 10.1. The molecular formula is C19H17N5O3. The predicted molar refractivity (Wildman–Crippen MR) is 102 cm³/mol. The number of rotatable bonds is 3. The van der Waals surface area contributed by atoms with E-state index in [-0.39, 0.29) is 11.3 Å². The number of para-hydroxylation sites is 1. The molecule has 0 unspecified atom stereocenters. The number of benzene rings is 1. The van der Waals surface area contributed by atoms with Crippen LogP contribution in [-0.4, -0.2) is 31.8 Å². The fourth-order valence-corrected chi connectivity index (χ4v) is 3.09. The van der Waals surface area contributed by atoms with Gasteiger partial charge in [0.25, 0.3) is 11.5 Å². The SMILES string of the molecule is COc1ccccc1-c1cc(=O)c2c(=O)n(-c3nc(C)cc(C)n3)[nH]c2[nH]1. The number of H-pyrrole nitrogens is 2. The van der Waals surface area contributed by atoms with Gasteiger partial charge in [0.15, 0.2) is 5.43 Å². The van der Waals surface area contributed by atoms with Crippen molar-refractivity contribution in [3.8, 4) is 23.0 Å². The first-order chi connectivity index (χ1) is 13.0. The zero-order valence-corrected chi connectivity index (χ0v) is 15.0. The molecule has 0 bridgehead atoms. The van der Waals surface area contributed by atoms with Gasteiger partial charge in [0.2, 0.25) is 0 Å². The summed E-state index contributed by atoms with van der Waals surface area (Å²) < 4.78 is 6.53. The molecule has 136 valence electrons. The first-order valence-corrected chi connectivity index (χ1v) is 8.32. The average Bonchev–Trinajstić information content (AvgIpc) is 2.98. The molecule has 0 amide bonds. The molecule has 4 aromatic rings. The van der Waals surface area contributed by atoms with E-state index in [4.69, 9.17) is 4.74 Å². The van der Waals surface area contributed by atoms with Crippen molar-refractivity contribution >= 4 is 11.0 Å². The number of nitrogens with zero attached hydrogens (tertiary/aromatic N) is 3. The Morgan fingerprint density at radius 2 is 1.74 bits per heavy atom. The minimum atomic E-state index is -0.497. The number of pyridine rings is 1. The van der Waals surface area contributed by atoms with Gasteiger partial charge in [-0.3, -0.25) is 14.7 Å². The van der Waals surface area contributed by atoms with Gasteiger partial charge in [-0.15, -0.1) is 0 Å². The summed E-state index contributed by atoms with van der Waals surface area (Å²) in [6.07, 6.45) is 0. The normalized spacial score (nSPS) is 11.1. The maximum Gasteiger partial charge on any atom is 0.287 e. The Hall–Kier alpha value is -3.68. The number of hydrogen-bond acceptors (Lipinski definition) is 5. The maximum absolute atomic E-state index is 12.8. The molecule has 0 aliphatic heterocycles. The number of hydrogen-bond donors (Lipinski definition) is 2. The molecule has 8 heteroatoms. The summed E-state index contributed by atoms with van der Waals surface area (Å²) in [4.78, 5) is 37.1. The molecular weight excluding hydrogens is 346 g/mol. The molecule has 3 aromatic heterocycles. The third-order valence-corrected chi connectivity index (χ3v) is 4.24. The van der Waals surface area contributed by atoms with E-state index in [9.17, 15) is 9.59 Å². The van der Waals surface area contributed by atoms with Crippen LogP contribution < -0.4 is 15.7 Å². The average molecular weight is 363 g/mol. The number of aromatic amines is 2. The Bertz CT molecular complexity index is 1260. The van der Waals surface area contributed by atoms with Gasteiger partial charge < -0.3 is 9.72 Å². The fourth-order valence-electron chi connectivity index (χ4n) is 3.09. The molecule has 0 atom stereocenters. The first kappa shape index (κ1) is 16.8. The zero-order valence-electron chi connectivity index (χ0n) is 15.0. The van der Waals surface area contributed by atoms with E-state index in [1.807, 2.05) is 38.1 Å². The van der Waals surface area contributed by atoms with Crippen molar-refractivity contribution in [2.75, 3.05) is 7.11 Å². The van der Waals surface area contributed by atoms with Gasteiger partial charge in [0, 0.05) is 23.0 Å². The Morgan fingerprint density at radius 1 is 1.04 bits per heavy atom. The monoisotopic (exact) mass is 363 g/mol. The summed E-state index contributed by atoms with van der Waals surface area (Å²) in [5.41, 5.74) is 2.12. The van der Waals surface area contributed by atoms with Gasteiger partial charge in [-0.25, -0.2) is 9.97 Å². The second-order valence-corrected chi connectivity index (χ2v) is 6.20. The minimum absolute atomic E-state index is 0.0245. The molecule has 1 aromatic carbocycles. The molecule has 8 nitrogen and oxygen atoms in total. The van der Waals surface area contributed by atoms with Gasteiger partial charge in [-0.05, 0) is 32.0 Å². The minimum Gasteiger partial charge on any atom is -0.496 e. The molecule has 3 heterocycles. The van der Waals surface area contributed by atoms with Crippen molar-refractivity contribution < 1.29 is 4.74 Å². The van der Waals surface area contributed by atoms with Gasteiger partial charge in [-0.2, -0.15) is 4.68 Å². The molecule has 2 N–H and O–H groups in total. The van der Waals surface area contributed by atoms with Crippen LogP contribution in [0.4, 0.5) is 0 Å². The van der Waals surface area contributed by atoms with E-state index in [1.54, 1.807) is 13.2 Å². The van der Waals surface area contributed by atoms with Crippen LogP contribution in [0.3, 0.4) is 0 Å². The van der Waals surface area contributed by atoms with Crippen LogP contribution in [0.5, 0.6) is 5.75 Å². The largest absolute Gasteiger partial charge is 0.496 e. The van der Waals surface area contributed by atoms with Crippen molar-refractivity contribution in [3.63, 3.8) is 0 Å². The smallest absolute Gasteiger partial charge is 0.287 e. The summed E-state index contributed by atoms with van der Waals surface area (Å²) in [5, 5.41) is 2.93. The van der Waals surface area contributed by atoms with E-state index in [2.05, 4.69) is 20.1 Å². The van der Waals surface area contributed by atoms with Crippen molar-refractivity contribution in [2.45, 2.75) is 13.8 Å². The topological polar surface area (TPSA) is 106 Å². The fraction of sp³-hybridized carbons (Fsp3) is 0.158. The molecule has 0 aliphatic rings. The van der Waals surface area contributed by atoms with Crippen molar-refractivity contribution in [3.05, 3.63) is 68.4 Å². The first-order valence-electron chi connectivity index (χ1n) is 8.32. The summed E-state index contributed by atoms with van der Waals surface area (Å²) in [6, 6.07) is 10.5. The molecule has 0 saturated heterocycles. The number of aryl methyl sites for hydroxylation is 2. The van der Waals surface area contributed by atoms with Crippen LogP contribution in [0.2, 0.25) is 0 Å². The molecule has 0 radical (unpaired) electrons. The highest BCUT2D eigenvalue weighted by atomic mass is 16.5. The van der Waals surface area contributed by atoms with Crippen LogP contribution >= 0.6 is 0 Å². The van der Waals surface area contributed by atoms with Gasteiger partial charge in [-0.1, -0.05) is 12.1 Å². The Kier molecular flexibility index (Phi) is 3.88. The van der Waals surface area contributed by atoms with E-state index < -0.39 is 11.0 Å². The number of aromatic nitrogens is 5. The van der Waals surface area contributed by atoms with Crippen molar-refractivity contribution in [1.29, 1.82) is 0 Å². The standard InChI is InChI=1S/C19H17N5O3/c1-10-8-11(2)21-19(20-10)24-18(26)16-14(25)9-13(22-17(16)23-24)12-6-4-5-7-15(12)27-3/h4-9H,1-3H3,(H2,22,23,25). The number of fused-ring (bicyclic) bond motifs is 1. The second kappa shape index (κ2) is 6.24. The number of ether oxygens (including phenoxy) is 1. The summed E-state index contributed by atoms with van der Waals surface area (Å²) in [7, 11) is 1.56. The van der Waals surface area contributed by atoms with Gasteiger partial charge in [0.1, 0.15) is 16.8 Å². The molecule has 0 spiro atoms. The van der Waals surface area contributed by atoms with Crippen LogP contribution in [0.15, 0.2) is 46.0 Å². The van der Waals surface area contributed by atoms with Crippen LogP contribution in [-0.2, 0) is 0 Å². The van der Waals surface area contributed by atoms with E-state index in [0.29, 0.717) is 17.1 Å². The Labute approximate surface area is 153 Å². The van der Waals surface area contributed by atoms with Crippen molar-refractivity contribution in [1.82, 2.24) is 24.7 Å². The quantitative estimate of drug-likeness (QED) is 0.580. The maximum atomic E-state index is 12.8. The Balaban J connectivity index is 1.97. The Morgan fingerprint density at radius 3 is 2.44 bits per heavy atom. The highest BCUT2D eigenvalue weighted by Gasteiger charge is 2.16. The highest BCUT2D eigenvalue weighted by Crippen LogP contribution is 2.27. The molecule has 0 saturated carbocycles. The highest BCUT2D eigenvalue weighted by molar-refractivity contribution is 5.79. The predicted octanol–water partition coefficient (Wildman–Crippen LogP) is 2.09. The van der Waals surface area contributed by atoms with Gasteiger partial charge in [0.05, 0.1) is 12.8 Å². The summed E-state index contributed by atoms with van der Waals surface area (Å²) in [5.74, 6) is 0.812. The van der Waals surface area contributed by atoms with Gasteiger partial charge >= 0.3 is 0 Å². The lowest BCUT2D eigenvalue weighted by Crippen LogP contribution is -2.20. The molecule has 27 heavy (non-hydrogen) atoms. The number of methoxy groups -OCH3 is 1. The molecule has 0 aliphatic carbocycles. The third-order valence-electron chi connectivity index (χ3n) is 4.24. The number of nitrogens with one attached hydrogen (secondary N) is 2. The lowest BCUT2D eigenvalue weighted by Gasteiger charge is -2.07. The van der Waals surface area contributed by atoms with E-state index in [1.165, 1.54) is 10.7 Å². The molecule has 4 rings (SSSR count). The van der Waals surface area contributed by atoms with E-state index in [0.717, 1.165) is 17.0 Å². The summed E-state index contributed by atoms with van der Waals surface area (Å²) in [6.45, 7) is 3.63. The second-order valence-electron chi connectivity index (χ2n) is 6.20. The lowest BCUT2D eigenvalue weighted by molar-refractivity contribution is 0.416. The summed E-state index contributed by atoms with van der Waals surface area (Å²) >= 11 is 0.